The summed E-state index contributed by atoms with van der Waals surface area (Å²) in [5.41, 5.74) is 14.5. The minimum absolute atomic E-state index is 0.124. The van der Waals surface area contributed by atoms with Gasteiger partial charge >= 0.3 is 17.5 Å². The number of carbonyl (C=O) groups is 1. The van der Waals surface area contributed by atoms with Gasteiger partial charge in [-0.15, -0.1) is 0 Å². The molecule has 2 fully saturated rings. The van der Waals surface area contributed by atoms with E-state index in [1.807, 2.05) is 20.8 Å². The van der Waals surface area contributed by atoms with Gasteiger partial charge in [0.15, 0.2) is 22.9 Å². The number of amides is 1. The van der Waals surface area contributed by atoms with Crippen LogP contribution in [0.5, 0.6) is 0 Å². The van der Waals surface area contributed by atoms with Gasteiger partial charge in [0.25, 0.3) is 0 Å². The Morgan fingerprint density at radius 1 is 0.717 bits per heavy atom. The predicted octanol–water partition coefficient (Wildman–Crippen LogP) is 5.93. The third-order valence-corrected chi connectivity index (χ3v) is 9.90. The zero-order valence-electron chi connectivity index (χ0n) is 29.4. The summed E-state index contributed by atoms with van der Waals surface area (Å²) in [7, 11) is 0. The Balaban J connectivity index is 0.000000170. The van der Waals surface area contributed by atoms with Crippen molar-refractivity contribution < 1.29 is 9.53 Å². The summed E-state index contributed by atoms with van der Waals surface area (Å²) in [5, 5.41) is 1.18. The number of fused-ring (bicyclic) bond motifs is 2. The first kappa shape index (κ1) is 36.0. The molecular formula is C36H39Cl2N11O4. The minimum atomic E-state index is -0.585. The van der Waals surface area contributed by atoms with Crippen LogP contribution in [0.4, 0.5) is 16.4 Å². The minimum Gasteiger partial charge on any atom is -0.444 e. The normalized spacial score (nSPS) is 16.3. The number of aromatic nitrogens is 8. The molecule has 4 aromatic heterocycles. The highest BCUT2D eigenvalue weighted by Gasteiger charge is 2.34. The lowest BCUT2D eigenvalue weighted by Crippen LogP contribution is -2.36. The van der Waals surface area contributed by atoms with Crippen LogP contribution in [0.25, 0.3) is 33.7 Å². The van der Waals surface area contributed by atoms with Crippen LogP contribution < -0.4 is 22.8 Å². The Morgan fingerprint density at radius 2 is 1.17 bits per heavy atom. The SMILES string of the molecule is CC(C)(C)OC(=O)N1CC[C@@H](n2c(=O)n(-c3ccc(Cl)cc3)c3c(N)ncnc32)C1.Nc1ncnc2c1n(-c1ccc(Cl)cc1)c(=O)n2C1CCCC1. The van der Waals surface area contributed by atoms with Crippen molar-refractivity contribution >= 4 is 63.3 Å². The average molecular weight is 761 g/mol. The fraction of sp³-hybridized carbons (Fsp3) is 0.361. The number of hydrogen-bond donors (Lipinski definition) is 2. The number of nitrogens with zero attached hydrogens (tertiary/aromatic N) is 9. The van der Waals surface area contributed by atoms with Gasteiger partial charge in [0, 0.05) is 29.2 Å². The molecule has 0 unspecified atom stereocenters. The number of carbonyl (C=O) groups excluding carboxylic acids is 1. The summed E-state index contributed by atoms with van der Waals surface area (Å²) in [6.07, 6.45) is 7.19. The second-order valence-electron chi connectivity index (χ2n) is 14.1. The van der Waals surface area contributed by atoms with E-state index in [-0.39, 0.29) is 29.3 Å². The van der Waals surface area contributed by atoms with Crippen molar-refractivity contribution in [1.29, 1.82) is 0 Å². The quantitative estimate of drug-likeness (QED) is 0.218. The van der Waals surface area contributed by atoms with Crippen molar-refractivity contribution in [2.75, 3.05) is 24.6 Å². The molecule has 4 N–H and O–H groups in total. The number of imidazole rings is 2. The van der Waals surface area contributed by atoms with E-state index in [4.69, 9.17) is 39.4 Å². The molecular weight excluding hydrogens is 721 g/mol. The van der Waals surface area contributed by atoms with Crippen LogP contribution in [0.15, 0.2) is 70.8 Å². The molecule has 17 heteroatoms. The number of likely N-dealkylation sites (tertiary alicyclic amines) is 1. The van der Waals surface area contributed by atoms with E-state index in [1.54, 1.807) is 67.1 Å². The molecule has 5 heterocycles. The number of halogens is 2. The number of ether oxygens (including phenoxy) is 1. The van der Waals surface area contributed by atoms with Crippen LogP contribution in [-0.2, 0) is 4.74 Å². The lowest BCUT2D eigenvalue weighted by atomic mass is 10.2. The summed E-state index contributed by atoms with van der Waals surface area (Å²) >= 11 is 12.0. The zero-order valence-corrected chi connectivity index (χ0v) is 31.0. The maximum Gasteiger partial charge on any atom is 0.410 e. The van der Waals surface area contributed by atoms with E-state index in [9.17, 15) is 14.4 Å². The van der Waals surface area contributed by atoms with E-state index < -0.39 is 11.7 Å². The summed E-state index contributed by atoms with van der Waals surface area (Å²) in [5.74, 6) is 0.506. The summed E-state index contributed by atoms with van der Waals surface area (Å²) in [6, 6.07) is 13.9. The largest absolute Gasteiger partial charge is 0.444 e. The standard InChI is InChI=1S/C20H23ClN6O3.C16H16ClN5O/c1-20(2,3)30-19(29)25-9-8-14(10-25)27-17-15(16(22)23-11-24-17)26(18(27)28)13-6-4-12(21)5-7-13;17-10-5-7-12(8-6-10)21-13-14(18)19-9-20-15(13)22(16(21)23)11-3-1-2-4-11/h4-7,11,14H,8-10H2,1-3H3,(H2,22,23,24);5-9,11H,1-4H2,(H2,18,19,20)/t14-;/m1./s1. The highest BCUT2D eigenvalue weighted by atomic mass is 35.5. The predicted molar refractivity (Wildman–Crippen MR) is 204 cm³/mol. The molecule has 276 valence electrons. The van der Waals surface area contributed by atoms with E-state index in [1.165, 1.54) is 17.2 Å². The highest BCUT2D eigenvalue weighted by Crippen LogP contribution is 2.32. The first-order chi connectivity index (χ1) is 25.3. The fourth-order valence-corrected chi connectivity index (χ4v) is 7.31. The van der Waals surface area contributed by atoms with Gasteiger partial charge in [0.05, 0.1) is 17.4 Å². The first-order valence-corrected chi connectivity index (χ1v) is 18.0. The van der Waals surface area contributed by atoms with Gasteiger partial charge in [0.2, 0.25) is 0 Å². The average Bonchev–Trinajstić information content (AvgIpc) is 3.91. The van der Waals surface area contributed by atoms with Crippen molar-refractivity contribution in [1.82, 2.24) is 43.1 Å². The molecule has 0 radical (unpaired) electrons. The number of nitrogen functional groups attached to an aromatic ring is 2. The smallest absolute Gasteiger partial charge is 0.410 e. The molecule has 2 aliphatic rings. The zero-order chi connectivity index (χ0) is 37.6. The Hall–Kier alpha value is -5.41. The molecule has 1 amide bonds. The van der Waals surface area contributed by atoms with Crippen molar-refractivity contribution in [3.8, 4) is 11.4 Å². The maximum atomic E-state index is 13.5. The van der Waals surface area contributed by atoms with Crippen LogP contribution >= 0.6 is 23.2 Å². The second-order valence-corrected chi connectivity index (χ2v) is 15.0. The van der Waals surface area contributed by atoms with Crippen LogP contribution in [-0.4, -0.2) is 67.9 Å². The highest BCUT2D eigenvalue weighted by molar-refractivity contribution is 6.30. The molecule has 1 saturated heterocycles. The van der Waals surface area contributed by atoms with Crippen molar-refractivity contribution in [2.24, 2.45) is 0 Å². The number of hydrogen-bond acceptors (Lipinski definition) is 10. The molecule has 15 nitrogen and oxygen atoms in total. The van der Waals surface area contributed by atoms with Crippen molar-refractivity contribution in [3.63, 3.8) is 0 Å². The topological polar surface area (TPSA) is 187 Å². The first-order valence-electron chi connectivity index (χ1n) is 17.3. The Kier molecular flexibility index (Phi) is 9.63. The van der Waals surface area contributed by atoms with E-state index in [0.717, 1.165) is 25.7 Å². The van der Waals surface area contributed by atoms with Crippen LogP contribution in [0.1, 0.15) is 65.0 Å². The second kappa shape index (κ2) is 14.2. The molecule has 0 bridgehead atoms. The monoisotopic (exact) mass is 759 g/mol. The number of nitrogens with two attached hydrogens (primary N) is 2. The third kappa shape index (κ3) is 6.93. The molecule has 6 aromatic rings. The molecule has 1 saturated carbocycles. The molecule has 1 aliphatic heterocycles. The van der Waals surface area contributed by atoms with E-state index in [2.05, 4.69) is 19.9 Å². The summed E-state index contributed by atoms with van der Waals surface area (Å²) in [6.45, 7) is 6.30. The summed E-state index contributed by atoms with van der Waals surface area (Å²) < 4.78 is 11.9. The summed E-state index contributed by atoms with van der Waals surface area (Å²) in [4.78, 5) is 57.4. The number of anilines is 2. The molecule has 2 aromatic carbocycles. The molecule has 1 atom stereocenters. The van der Waals surface area contributed by atoms with Gasteiger partial charge in [-0.05, 0) is 88.6 Å². The van der Waals surface area contributed by atoms with Crippen LogP contribution in [0, 0.1) is 0 Å². The molecule has 1 aliphatic carbocycles. The van der Waals surface area contributed by atoms with Gasteiger partial charge in [0.1, 0.15) is 29.3 Å². The third-order valence-electron chi connectivity index (χ3n) is 9.40. The van der Waals surface area contributed by atoms with E-state index >= 15 is 0 Å². The van der Waals surface area contributed by atoms with Crippen LogP contribution in [0.3, 0.4) is 0 Å². The van der Waals surface area contributed by atoms with Crippen LogP contribution in [0.2, 0.25) is 10.0 Å². The Morgan fingerprint density at radius 3 is 1.62 bits per heavy atom. The van der Waals surface area contributed by atoms with Gasteiger partial charge in [-0.1, -0.05) is 36.0 Å². The Labute approximate surface area is 313 Å². The van der Waals surface area contributed by atoms with Gasteiger partial charge in [-0.3, -0.25) is 18.3 Å². The molecule has 0 spiro atoms. The van der Waals surface area contributed by atoms with E-state index in [0.29, 0.717) is 69.1 Å². The lowest BCUT2D eigenvalue weighted by Gasteiger charge is -2.24. The fourth-order valence-electron chi connectivity index (χ4n) is 7.06. The van der Waals surface area contributed by atoms with Crippen molar-refractivity contribution in [3.05, 3.63) is 92.2 Å². The maximum absolute atomic E-state index is 13.5. The molecule has 8 rings (SSSR count). The van der Waals surface area contributed by atoms with Crippen molar-refractivity contribution in [2.45, 2.75) is 70.6 Å². The Bertz CT molecular complexity index is 2420. The number of rotatable bonds is 4. The van der Waals surface area contributed by atoms with Gasteiger partial charge in [-0.2, -0.15) is 0 Å². The lowest BCUT2D eigenvalue weighted by molar-refractivity contribution is 0.0289. The van der Waals surface area contributed by atoms with Gasteiger partial charge < -0.3 is 21.1 Å². The van der Waals surface area contributed by atoms with Gasteiger partial charge in [-0.25, -0.2) is 34.3 Å². The number of benzene rings is 2. The molecule has 53 heavy (non-hydrogen) atoms.